The fourth-order valence-electron chi connectivity index (χ4n) is 2.24. The van der Waals surface area contributed by atoms with Crippen molar-refractivity contribution in [1.82, 2.24) is 0 Å². The zero-order chi connectivity index (χ0) is 13.9. The minimum absolute atomic E-state index is 0.0814. The molecule has 1 atom stereocenters. The van der Waals surface area contributed by atoms with E-state index in [0.29, 0.717) is 16.7 Å². The van der Waals surface area contributed by atoms with Gasteiger partial charge in [0.2, 0.25) is 0 Å². The van der Waals surface area contributed by atoms with E-state index in [4.69, 9.17) is 4.42 Å². The Morgan fingerprint density at radius 2 is 1.70 bits per heavy atom. The van der Waals surface area contributed by atoms with Crippen molar-refractivity contribution in [3.05, 3.63) is 82.2 Å². The summed E-state index contributed by atoms with van der Waals surface area (Å²) in [4.78, 5) is 12.0. The van der Waals surface area contributed by atoms with E-state index in [2.05, 4.69) is 0 Å². The Morgan fingerprint density at radius 3 is 2.50 bits per heavy atom. The Labute approximate surface area is 116 Å². The van der Waals surface area contributed by atoms with E-state index in [1.807, 2.05) is 36.4 Å². The van der Waals surface area contributed by atoms with Gasteiger partial charge in [-0.3, -0.25) is 4.79 Å². The van der Waals surface area contributed by atoms with Crippen molar-refractivity contribution in [3.8, 4) is 0 Å². The molecule has 0 saturated heterocycles. The van der Waals surface area contributed by atoms with Gasteiger partial charge < -0.3 is 9.52 Å². The van der Waals surface area contributed by atoms with Gasteiger partial charge in [0.25, 0.3) is 0 Å². The van der Waals surface area contributed by atoms with Crippen LogP contribution in [0.2, 0.25) is 0 Å². The quantitative estimate of drug-likeness (QED) is 0.792. The summed E-state index contributed by atoms with van der Waals surface area (Å²) in [7, 11) is 0. The fraction of sp³-hybridized carbons (Fsp3) is 0.118. The number of aliphatic hydroxyl groups is 1. The van der Waals surface area contributed by atoms with Crippen molar-refractivity contribution in [3.63, 3.8) is 0 Å². The zero-order valence-electron chi connectivity index (χ0n) is 10.8. The first kappa shape index (κ1) is 12.6. The van der Waals surface area contributed by atoms with Crippen molar-refractivity contribution in [1.29, 1.82) is 0 Å². The van der Waals surface area contributed by atoms with Gasteiger partial charge in [0.15, 0.2) is 5.43 Å². The van der Waals surface area contributed by atoms with Crippen molar-refractivity contribution >= 4 is 11.0 Å². The Kier molecular flexibility index (Phi) is 3.35. The number of aliphatic hydroxyl groups excluding tert-OH is 1. The summed E-state index contributed by atoms with van der Waals surface area (Å²) in [5.74, 6) is 0.491. The Balaban J connectivity index is 1.93. The van der Waals surface area contributed by atoms with Gasteiger partial charge in [-0.2, -0.15) is 0 Å². The summed E-state index contributed by atoms with van der Waals surface area (Å²) in [5.41, 5.74) is 1.28. The summed E-state index contributed by atoms with van der Waals surface area (Å²) in [6.07, 6.45) is -0.398. The van der Waals surface area contributed by atoms with E-state index in [1.165, 1.54) is 6.07 Å². The lowest BCUT2D eigenvalue weighted by Gasteiger charge is -2.10. The van der Waals surface area contributed by atoms with Gasteiger partial charge in [-0.1, -0.05) is 42.5 Å². The molecule has 0 aliphatic rings. The third-order valence-corrected chi connectivity index (χ3v) is 3.26. The van der Waals surface area contributed by atoms with Crippen LogP contribution < -0.4 is 5.43 Å². The number of hydrogen-bond donors (Lipinski definition) is 1. The van der Waals surface area contributed by atoms with E-state index < -0.39 is 6.10 Å². The van der Waals surface area contributed by atoms with E-state index in [9.17, 15) is 9.90 Å². The van der Waals surface area contributed by atoms with Crippen LogP contribution in [0.15, 0.2) is 69.9 Å². The van der Waals surface area contributed by atoms with Crippen LogP contribution in [0.4, 0.5) is 0 Å². The molecule has 0 spiro atoms. The van der Waals surface area contributed by atoms with Crippen molar-refractivity contribution in [2.24, 2.45) is 0 Å². The largest absolute Gasteiger partial charge is 0.461 e. The minimum atomic E-state index is -0.680. The molecule has 1 aromatic heterocycles. The highest BCUT2D eigenvalue weighted by Crippen LogP contribution is 2.19. The van der Waals surface area contributed by atoms with Gasteiger partial charge in [-0.25, -0.2) is 0 Å². The van der Waals surface area contributed by atoms with Crippen molar-refractivity contribution in [2.75, 3.05) is 0 Å². The first-order valence-corrected chi connectivity index (χ1v) is 6.49. The molecule has 0 amide bonds. The number of rotatable bonds is 3. The summed E-state index contributed by atoms with van der Waals surface area (Å²) in [6.45, 7) is 0. The van der Waals surface area contributed by atoms with E-state index in [0.717, 1.165) is 5.56 Å². The second kappa shape index (κ2) is 5.31. The molecule has 2 aromatic carbocycles. The Morgan fingerprint density at radius 1 is 1.00 bits per heavy atom. The zero-order valence-corrected chi connectivity index (χ0v) is 10.8. The molecule has 0 aliphatic heterocycles. The molecule has 0 aliphatic carbocycles. The highest BCUT2D eigenvalue weighted by Gasteiger charge is 2.11. The van der Waals surface area contributed by atoms with Gasteiger partial charge in [0.1, 0.15) is 11.3 Å². The minimum Gasteiger partial charge on any atom is -0.461 e. The highest BCUT2D eigenvalue weighted by molar-refractivity contribution is 5.76. The van der Waals surface area contributed by atoms with Crippen molar-refractivity contribution < 1.29 is 9.52 Å². The molecule has 3 heteroatoms. The summed E-state index contributed by atoms with van der Waals surface area (Å²) < 4.78 is 5.67. The Bertz CT molecular complexity index is 775. The molecule has 3 rings (SSSR count). The molecular weight excluding hydrogens is 252 g/mol. The van der Waals surface area contributed by atoms with Crippen LogP contribution >= 0.6 is 0 Å². The highest BCUT2D eigenvalue weighted by atomic mass is 16.3. The van der Waals surface area contributed by atoms with Crippen LogP contribution in [-0.4, -0.2) is 5.11 Å². The lowest BCUT2D eigenvalue weighted by atomic mass is 10.0. The molecule has 0 fully saturated rings. The van der Waals surface area contributed by atoms with Gasteiger partial charge in [-0.15, -0.1) is 0 Å². The molecule has 0 radical (unpaired) electrons. The monoisotopic (exact) mass is 266 g/mol. The van der Waals surface area contributed by atoms with Crippen LogP contribution in [0.1, 0.15) is 17.4 Å². The smallest absolute Gasteiger partial charge is 0.192 e. The average Bonchev–Trinajstić information content (AvgIpc) is 2.48. The third-order valence-electron chi connectivity index (χ3n) is 3.26. The van der Waals surface area contributed by atoms with Crippen LogP contribution in [0.3, 0.4) is 0 Å². The molecule has 1 N–H and O–H groups in total. The second-order valence-electron chi connectivity index (χ2n) is 4.70. The maximum Gasteiger partial charge on any atom is 0.192 e. The van der Waals surface area contributed by atoms with Crippen LogP contribution in [-0.2, 0) is 6.42 Å². The number of benzene rings is 2. The molecule has 3 aromatic rings. The molecule has 1 heterocycles. The summed E-state index contributed by atoms with van der Waals surface area (Å²) in [6, 6.07) is 17.9. The van der Waals surface area contributed by atoms with Gasteiger partial charge in [-0.05, 0) is 17.7 Å². The topological polar surface area (TPSA) is 50.4 Å². The van der Waals surface area contributed by atoms with Crippen LogP contribution in [0.25, 0.3) is 11.0 Å². The number of para-hydroxylation sites is 1. The number of hydrogen-bond acceptors (Lipinski definition) is 3. The van der Waals surface area contributed by atoms with Crippen molar-refractivity contribution in [2.45, 2.75) is 12.5 Å². The van der Waals surface area contributed by atoms with E-state index >= 15 is 0 Å². The Hall–Kier alpha value is -2.39. The molecule has 3 nitrogen and oxygen atoms in total. The molecular formula is C17H14O3. The first-order chi connectivity index (χ1) is 9.74. The van der Waals surface area contributed by atoms with Gasteiger partial charge in [0.05, 0.1) is 11.5 Å². The predicted octanol–water partition coefficient (Wildman–Crippen LogP) is 3.07. The SMILES string of the molecule is O=c1cc(C[C@@H](O)c2ccccc2)oc2ccccc12. The number of fused-ring (bicyclic) bond motifs is 1. The summed E-state index contributed by atoms with van der Waals surface area (Å²) >= 11 is 0. The lowest BCUT2D eigenvalue weighted by Crippen LogP contribution is -2.06. The average molecular weight is 266 g/mol. The molecule has 100 valence electrons. The molecule has 20 heavy (non-hydrogen) atoms. The fourth-order valence-corrected chi connectivity index (χ4v) is 2.24. The maximum atomic E-state index is 12.0. The lowest BCUT2D eigenvalue weighted by molar-refractivity contribution is 0.171. The maximum absolute atomic E-state index is 12.0. The molecule has 0 unspecified atom stereocenters. The standard InChI is InChI=1S/C17H14O3/c18-15(12-6-2-1-3-7-12)10-13-11-16(19)14-8-4-5-9-17(14)20-13/h1-9,11,15,18H,10H2/t15-/m1/s1. The molecule has 0 saturated carbocycles. The van der Waals surface area contributed by atoms with Crippen LogP contribution in [0, 0.1) is 0 Å². The summed E-state index contributed by atoms with van der Waals surface area (Å²) in [5, 5.41) is 10.7. The van der Waals surface area contributed by atoms with Crippen LogP contribution in [0.5, 0.6) is 0 Å². The van der Waals surface area contributed by atoms with Gasteiger partial charge in [0, 0.05) is 12.5 Å². The molecule has 0 bridgehead atoms. The second-order valence-corrected chi connectivity index (χ2v) is 4.70. The van der Waals surface area contributed by atoms with E-state index in [-0.39, 0.29) is 11.8 Å². The predicted molar refractivity (Wildman–Crippen MR) is 77.6 cm³/mol. The first-order valence-electron chi connectivity index (χ1n) is 6.49. The third kappa shape index (κ3) is 2.49. The van der Waals surface area contributed by atoms with Gasteiger partial charge >= 0.3 is 0 Å². The normalized spacial score (nSPS) is 12.4. The van der Waals surface area contributed by atoms with E-state index in [1.54, 1.807) is 18.2 Å².